The quantitative estimate of drug-likeness (QED) is 0.111. The van der Waals surface area contributed by atoms with E-state index in [-0.39, 0.29) is 23.4 Å². The van der Waals surface area contributed by atoms with E-state index in [9.17, 15) is 9.18 Å². The van der Waals surface area contributed by atoms with Gasteiger partial charge in [0.05, 0.1) is 18.5 Å². The summed E-state index contributed by atoms with van der Waals surface area (Å²) in [4.78, 5) is 16.3. The molecule has 0 spiro atoms. The van der Waals surface area contributed by atoms with Crippen LogP contribution < -0.4 is 21.1 Å². The van der Waals surface area contributed by atoms with Gasteiger partial charge in [-0.25, -0.2) is 4.39 Å². The van der Waals surface area contributed by atoms with Crippen LogP contribution in [0.25, 0.3) is 27.6 Å². The highest BCUT2D eigenvalue weighted by atomic mass is 19.1. The maximum atomic E-state index is 14.4. The molecule has 1 amide bonds. The smallest absolute Gasteiger partial charge is 0.224 e. The van der Waals surface area contributed by atoms with E-state index in [0.717, 1.165) is 59.2 Å². The molecule has 3 aromatic carbocycles. The minimum atomic E-state index is -0.384. The number of rotatable bonds is 8. The average Bonchev–Trinajstić information content (AvgIpc) is 3.39. The summed E-state index contributed by atoms with van der Waals surface area (Å²) >= 11 is 0. The van der Waals surface area contributed by atoms with E-state index in [4.69, 9.17) is 15.9 Å². The summed E-state index contributed by atoms with van der Waals surface area (Å²) < 4.78 is 19.6. The van der Waals surface area contributed by atoms with Gasteiger partial charge in [0.15, 0.2) is 0 Å². The van der Waals surface area contributed by atoms with E-state index in [1.807, 2.05) is 54.6 Å². The van der Waals surface area contributed by atoms with Crippen molar-refractivity contribution < 1.29 is 13.9 Å². The number of aromatic amines is 1. The molecule has 6 N–H and O–H groups in total. The molecule has 2 heterocycles. The second-order valence-corrected chi connectivity index (χ2v) is 11.9. The lowest BCUT2D eigenvalue weighted by Gasteiger charge is -2.22. The van der Waals surface area contributed by atoms with E-state index in [0.29, 0.717) is 40.6 Å². The number of piperidine rings is 1. The summed E-state index contributed by atoms with van der Waals surface area (Å²) in [5, 5.41) is 16.5. The van der Waals surface area contributed by atoms with Crippen molar-refractivity contribution in [2.45, 2.75) is 26.2 Å². The Morgan fingerprint density at radius 2 is 1.91 bits per heavy atom. The minimum absolute atomic E-state index is 0.0290. The highest BCUT2D eigenvalue weighted by Gasteiger charge is 2.19. The summed E-state index contributed by atoms with van der Waals surface area (Å²) in [6, 6.07) is 18.0. The van der Waals surface area contributed by atoms with Gasteiger partial charge in [0.2, 0.25) is 5.91 Å². The summed E-state index contributed by atoms with van der Waals surface area (Å²) in [6.45, 7) is 4.02. The van der Waals surface area contributed by atoms with Crippen molar-refractivity contribution in [1.29, 1.82) is 5.41 Å². The lowest BCUT2D eigenvalue weighted by atomic mass is 9.94. The monoisotopic (exact) mass is 603 g/mol. The standard InChI is InChI=1S/C37H38FN5O2/c1-22-6-8-28(42-36(44)15-23-10-12-41-13-11-23)17-25(14-22)24-7-9-33(39)32(19-24)37(40)35-21-31-30(4-3-5-34(31)43-35)26-16-27(38)20-29(18-26)45-2/h3-9,14,16-23,40-41,43H,10-13,15,39H2,1-2H3,(H,42,44)/t22-/m0/s1. The van der Waals surface area contributed by atoms with Crippen molar-refractivity contribution in [3.63, 3.8) is 0 Å². The number of anilines is 1. The zero-order valence-corrected chi connectivity index (χ0v) is 25.5. The Hall–Kier alpha value is -4.95. The number of nitrogen functional groups attached to an aromatic ring is 1. The van der Waals surface area contributed by atoms with Crippen LogP contribution in [0.2, 0.25) is 0 Å². The molecule has 1 saturated heterocycles. The van der Waals surface area contributed by atoms with E-state index < -0.39 is 0 Å². The van der Waals surface area contributed by atoms with Gasteiger partial charge in [-0.3, -0.25) is 10.2 Å². The first-order valence-electron chi connectivity index (χ1n) is 15.4. The van der Waals surface area contributed by atoms with Crippen molar-refractivity contribution >= 4 is 33.8 Å². The predicted octanol–water partition coefficient (Wildman–Crippen LogP) is 6.96. The molecule has 1 atom stereocenters. The molecule has 45 heavy (non-hydrogen) atoms. The highest BCUT2D eigenvalue weighted by molar-refractivity contribution is 6.15. The fourth-order valence-corrected chi connectivity index (χ4v) is 6.15. The number of allylic oxidation sites excluding steroid dienone is 5. The first-order valence-corrected chi connectivity index (χ1v) is 15.4. The molecule has 8 heteroatoms. The van der Waals surface area contributed by atoms with Crippen LogP contribution in [-0.4, -0.2) is 36.8 Å². The second-order valence-electron chi connectivity index (χ2n) is 11.9. The van der Waals surface area contributed by atoms with Crippen LogP contribution in [0, 0.1) is 23.1 Å². The van der Waals surface area contributed by atoms with Gasteiger partial charge in [0, 0.05) is 40.3 Å². The van der Waals surface area contributed by atoms with Crippen LogP contribution in [-0.2, 0) is 4.79 Å². The van der Waals surface area contributed by atoms with Gasteiger partial charge < -0.3 is 26.1 Å². The van der Waals surface area contributed by atoms with E-state index in [1.54, 1.807) is 6.07 Å². The Morgan fingerprint density at radius 1 is 1.09 bits per heavy atom. The van der Waals surface area contributed by atoms with Gasteiger partial charge in [0.25, 0.3) is 0 Å². The maximum absolute atomic E-state index is 14.4. The van der Waals surface area contributed by atoms with E-state index >= 15 is 0 Å². The number of H-pyrrole nitrogens is 1. The molecular weight excluding hydrogens is 565 g/mol. The van der Waals surface area contributed by atoms with Crippen LogP contribution in [0.4, 0.5) is 10.1 Å². The molecule has 1 aliphatic carbocycles. The fourth-order valence-electron chi connectivity index (χ4n) is 6.15. The summed E-state index contributed by atoms with van der Waals surface area (Å²) in [6.07, 6.45) is 10.7. The number of methoxy groups -OCH3 is 1. The highest BCUT2D eigenvalue weighted by Crippen LogP contribution is 2.34. The zero-order chi connectivity index (χ0) is 31.5. The number of fused-ring (bicyclic) bond motifs is 1. The summed E-state index contributed by atoms with van der Waals surface area (Å²) in [5.41, 5.74) is 13.3. The number of benzene rings is 3. The van der Waals surface area contributed by atoms with Crippen molar-refractivity contribution in [2.75, 3.05) is 25.9 Å². The molecule has 1 fully saturated rings. The van der Waals surface area contributed by atoms with Crippen molar-refractivity contribution in [2.24, 2.45) is 11.8 Å². The molecule has 1 aliphatic heterocycles. The van der Waals surface area contributed by atoms with Crippen molar-refractivity contribution in [3.8, 4) is 16.9 Å². The molecule has 7 nitrogen and oxygen atoms in total. The van der Waals surface area contributed by atoms with Gasteiger partial charge in [-0.2, -0.15) is 0 Å². The molecule has 1 aromatic heterocycles. The molecular formula is C37H38FN5O2. The van der Waals surface area contributed by atoms with Crippen molar-refractivity contribution in [3.05, 3.63) is 113 Å². The number of halogens is 1. The number of nitrogens with one attached hydrogen (secondary N) is 4. The van der Waals surface area contributed by atoms with Gasteiger partial charge in [-0.15, -0.1) is 0 Å². The third-order valence-corrected chi connectivity index (χ3v) is 8.56. The third kappa shape index (κ3) is 6.76. The van der Waals surface area contributed by atoms with Gasteiger partial charge in [0.1, 0.15) is 11.6 Å². The largest absolute Gasteiger partial charge is 0.497 e. The van der Waals surface area contributed by atoms with E-state index in [1.165, 1.54) is 19.2 Å². The van der Waals surface area contributed by atoms with Gasteiger partial charge >= 0.3 is 0 Å². The van der Waals surface area contributed by atoms with E-state index in [2.05, 4.69) is 34.7 Å². The SMILES string of the molecule is COc1cc(F)cc(-c2cccc3[nH]c(C(=N)c4cc(C5=C[C@@H](C)C=CC(NC(=O)CC6CCNCC6)=C5)ccc4N)cc23)c1. The lowest BCUT2D eigenvalue weighted by Crippen LogP contribution is -2.31. The zero-order valence-electron chi connectivity index (χ0n) is 25.5. The Labute approximate surface area is 262 Å². The average molecular weight is 604 g/mol. The van der Waals surface area contributed by atoms with Crippen LogP contribution in [0.1, 0.15) is 43.0 Å². The third-order valence-electron chi connectivity index (χ3n) is 8.56. The number of amides is 1. The predicted molar refractivity (Wildman–Crippen MR) is 180 cm³/mol. The van der Waals surface area contributed by atoms with Crippen LogP contribution >= 0.6 is 0 Å². The molecule has 0 saturated carbocycles. The topological polar surface area (TPSA) is 116 Å². The number of nitrogens with two attached hydrogens (primary N) is 1. The molecule has 0 bridgehead atoms. The number of ether oxygens (including phenoxy) is 1. The summed E-state index contributed by atoms with van der Waals surface area (Å²) in [7, 11) is 1.51. The molecule has 0 radical (unpaired) electrons. The van der Waals surface area contributed by atoms with Crippen LogP contribution in [0.15, 0.2) is 90.7 Å². The molecule has 0 unspecified atom stereocenters. The van der Waals surface area contributed by atoms with Gasteiger partial charge in [-0.05, 0) is 109 Å². The maximum Gasteiger partial charge on any atom is 0.224 e. The summed E-state index contributed by atoms with van der Waals surface area (Å²) in [5.74, 6) is 0.625. The number of aromatic nitrogens is 1. The Bertz CT molecular complexity index is 1860. The van der Waals surface area contributed by atoms with Crippen LogP contribution in [0.3, 0.4) is 0 Å². The van der Waals surface area contributed by atoms with Crippen molar-refractivity contribution in [1.82, 2.24) is 15.6 Å². The Balaban J connectivity index is 1.29. The molecule has 6 rings (SSSR count). The Kier molecular flexibility index (Phi) is 8.67. The molecule has 230 valence electrons. The normalized spacial score (nSPS) is 17.0. The van der Waals surface area contributed by atoms with Gasteiger partial charge in [-0.1, -0.05) is 37.3 Å². The van der Waals surface area contributed by atoms with Crippen LogP contribution in [0.5, 0.6) is 5.75 Å². The number of hydrogen-bond acceptors (Lipinski definition) is 5. The fraction of sp³-hybridized carbons (Fsp3) is 0.243. The molecule has 4 aromatic rings. The first-order chi connectivity index (χ1) is 21.8. The minimum Gasteiger partial charge on any atom is -0.497 e. The molecule has 2 aliphatic rings. The number of carbonyl (C=O) groups is 1. The second kappa shape index (κ2) is 13.0. The number of carbonyl (C=O) groups excluding carboxylic acids is 1. The first kappa shape index (κ1) is 30.1. The number of hydrogen-bond donors (Lipinski definition) is 5. The lowest BCUT2D eigenvalue weighted by molar-refractivity contribution is -0.121. The Morgan fingerprint density at radius 3 is 2.71 bits per heavy atom.